The van der Waals surface area contributed by atoms with E-state index in [1.54, 1.807) is 26.0 Å². The van der Waals surface area contributed by atoms with Gasteiger partial charge in [0.15, 0.2) is 5.90 Å². The Morgan fingerprint density at radius 1 is 1.32 bits per heavy atom. The van der Waals surface area contributed by atoms with Crippen LogP contribution in [0.25, 0.3) is 0 Å². The number of carbonyl (C=O) groups is 1. The molecule has 1 aromatic carbocycles. The lowest BCUT2D eigenvalue weighted by Crippen LogP contribution is -2.14. The Morgan fingerprint density at radius 2 is 2.00 bits per heavy atom. The SMILES string of the molecule is CCOC(=O)CC(=Nc1cccc(O)c1Cl)OCC. The van der Waals surface area contributed by atoms with Crippen molar-refractivity contribution in [2.75, 3.05) is 13.2 Å². The zero-order valence-electron chi connectivity index (χ0n) is 10.9. The molecule has 19 heavy (non-hydrogen) atoms. The Bertz CT molecular complexity index is 474. The first-order valence-electron chi connectivity index (χ1n) is 5.91. The average molecular weight is 286 g/mol. The van der Waals surface area contributed by atoms with E-state index in [1.807, 2.05) is 0 Å². The number of aromatic hydroxyl groups is 1. The van der Waals surface area contributed by atoms with Crippen LogP contribution >= 0.6 is 11.6 Å². The Kier molecular flexibility index (Phi) is 6.15. The number of hydrogen-bond acceptors (Lipinski definition) is 5. The summed E-state index contributed by atoms with van der Waals surface area (Å²) in [5.41, 5.74) is 0.342. The van der Waals surface area contributed by atoms with Gasteiger partial charge in [0, 0.05) is 0 Å². The van der Waals surface area contributed by atoms with E-state index in [-0.39, 0.29) is 23.1 Å². The molecule has 6 heteroatoms. The molecule has 0 unspecified atom stereocenters. The zero-order valence-corrected chi connectivity index (χ0v) is 11.6. The van der Waals surface area contributed by atoms with Crippen LogP contribution in [-0.4, -0.2) is 30.2 Å². The van der Waals surface area contributed by atoms with E-state index in [9.17, 15) is 9.90 Å². The van der Waals surface area contributed by atoms with Crippen LogP contribution in [0, 0.1) is 0 Å². The van der Waals surface area contributed by atoms with Crippen LogP contribution in [-0.2, 0) is 14.3 Å². The number of nitrogens with zero attached hydrogens (tertiary/aromatic N) is 1. The van der Waals surface area contributed by atoms with E-state index in [1.165, 1.54) is 6.07 Å². The second-order valence-corrected chi connectivity index (χ2v) is 3.91. The Balaban J connectivity index is 2.94. The van der Waals surface area contributed by atoms with E-state index >= 15 is 0 Å². The molecule has 0 spiro atoms. The van der Waals surface area contributed by atoms with Crippen molar-refractivity contribution in [1.82, 2.24) is 0 Å². The molecule has 0 saturated carbocycles. The molecule has 0 radical (unpaired) electrons. The maximum Gasteiger partial charge on any atom is 0.315 e. The summed E-state index contributed by atoms with van der Waals surface area (Å²) in [7, 11) is 0. The van der Waals surface area contributed by atoms with E-state index in [0.717, 1.165) is 0 Å². The van der Waals surface area contributed by atoms with Gasteiger partial charge in [0.1, 0.15) is 17.2 Å². The predicted molar refractivity (Wildman–Crippen MR) is 73.1 cm³/mol. The summed E-state index contributed by atoms with van der Waals surface area (Å²) in [5.74, 6) is -0.297. The molecule has 0 amide bonds. The number of phenols is 1. The van der Waals surface area contributed by atoms with Crippen LogP contribution in [0.4, 0.5) is 5.69 Å². The van der Waals surface area contributed by atoms with Crippen LogP contribution in [0.1, 0.15) is 20.3 Å². The summed E-state index contributed by atoms with van der Waals surface area (Å²) >= 11 is 5.91. The minimum absolute atomic E-state index is 0.0742. The second kappa shape index (κ2) is 7.63. The van der Waals surface area contributed by atoms with Crippen molar-refractivity contribution < 1.29 is 19.4 Å². The highest BCUT2D eigenvalue weighted by atomic mass is 35.5. The van der Waals surface area contributed by atoms with Crippen molar-refractivity contribution in [3.8, 4) is 5.75 Å². The monoisotopic (exact) mass is 285 g/mol. The molecule has 0 aliphatic rings. The van der Waals surface area contributed by atoms with Crippen molar-refractivity contribution in [3.05, 3.63) is 23.2 Å². The van der Waals surface area contributed by atoms with Crippen LogP contribution in [0.5, 0.6) is 5.75 Å². The number of hydrogen-bond donors (Lipinski definition) is 1. The van der Waals surface area contributed by atoms with Gasteiger partial charge in [-0.25, -0.2) is 4.99 Å². The highest BCUT2D eigenvalue weighted by Crippen LogP contribution is 2.33. The van der Waals surface area contributed by atoms with Crippen LogP contribution in [0.15, 0.2) is 23.2 Å². The molecule has 0 heterocycles. The number of carbonyl (C=O) groups excluding carboxylic acids is 1. The summed E-state index contributed by atoms with van der Waals surface area (Å²) in [4.78, 5) is 15.5. The van der Waals surface area contributed by atoms with Gasteiger partial charge in [0.05, 0.1) is 18.9 Å². The van der Waals surface area contributed by atoms with E-state index in [4.69, 9.17) is 21.1 Å². The molecule has 1 rings (SSSR count). The van der Waals surface area contributed by atoms with Gasteiger partial charge < -0.3 is 14.6 Å². The van der Waals surface area contributed by atoms with Gasteiger partial charge >= 0.3 is 5.97 Å². The largest absolute Gasteiger partial charge is 0.506 e. The van der Waals surface area contributed by atoms with E-state index in [0.29, 0.717) is 18.9 Å². The number of ether oxygens (including phenoxy) is 2. The lowest BCUT2D eigenvalue weighted by Gasteiger charge is -2.08. The number of halogens is 1. The molecule has 1 aromatic rings. The molecule has 0 aliphatic heterocycles. The van der Waals surface area contributed by atoms with Crippen molar-refractivity contribution >= 4 is 29.2 Å². The molecule has 0 atom stereocenters. The highest BCUT2D eigenvalue weighted by molar-refractivity contribution is 6.34. The maximum absolute atomic E-state index is 11.4. The zero-order chi connectivity index (χ0) is 14.3. The van der Waals surface area contributed by atoms with E-state index < -0.39 is 5.97 Å². The maximum atomic E-state index is 11.4. The third-order valence-corrected chi connectivity index (χ3v) is 2.50. The quantitative estimate of drug-likeness (QED) is 0.513. The van der Waals surface area contributed by atoms with Gasteiger partial charge in [-0.05, 0) is 26.0 Å². The van der Waals surface area contributed by atoms with Crippen molar-refractivity contribution in [1.29, 1.82) is 0 Å². The van der Waals surface area contributed by atoms with Crippen molar-refractivity contribution in [2.24, 2.45) is 4.99 Å². The van der Waals surface area contributed by atoms with Gasteiger partial charge in [0.25, 0.3) is 0 Å². The topological polar surface area (TPSA) is 68.1 Å². The summed E-state index contributed by atoms with van der Waals surface area (Å²) in [6, 6.07) is 4.67. The normalized spacial score (nSPS) is 11.2. The number of esters is 1. The first-order valence-corrected chi connectivity index (χ1v) is 6.29. The number of aliphatic imine (C=N–C) groups is 1. The predicted octanol–water partition coefficient (Wildman–Crippen LogP) is 3.07. The van der Waals surface area contributed by atoms with Crippen LogP contribution in [0.3, 0.4) is 0 Å². The Labute approximate surface area is 116 Å². The summed E-state index contributed by atoms with van der Waals surface area (Å²) in [6.45, 7) is 4.17. The third kappa shape index (κ3) is 4.79. The fraction of sp³-hybridized carbons (Fsp3) is 0.385. The number of phenolic OH excluding ortho intramolecular Hbond substituents is 1. The molecule has 0 fully saturated rings. The molecule has 0 saturated heterocycles. The highest BCUT2D eigenvalue weighted by Gasteiger charge is 2.11. The molecule has 0 aromatic heterocycles. The lowest BCUT2D eigenvalue weighted by molar-refractivity contribution is -0.141. The number of rotatable bonds is 5. The van der Waals surface area contributed by atoms with Gasteiger partial charge in [-0.2, -0.15) is 0 Å². The molecular formula is C13H16ClNO4. The van der Waals surface area contributed by atoms with E-state index in [2.05, 4.69) is 4.99 Å². The fourth-order valence-corrected chi connectivity index (χ4v) is 1.52. The molecule has 104 valence electrons. The summed E-state index contributed by atoms with van der Waals surface area (Å²) < 4.78 is 10.1. The smallest absolute Gasteiger partial charge is 0.315 e. The lowest BCUT2D eigenvalue weighted by atomic mass is 10.3. The van der Waals surface area contributed by atoms with Gasteiger partial charge in [0.2, 0.25) is 0 Å². The molecule has 0 aliphatic carbocycles. The Morgan fingerprint density at radius 3 is 2.63 bits per heavy atom. The fourth-order valence-electron chi connectivity index (χ4n) is 1.35. The minimum atomic E-state index is -0.425. The van der Waals surface area contributed by atoms with Crippen LogP contribution in [0.2, 0.25) is 5.02 Å². The summed E-state index contributed by atoms with van der Waals surface area (Å²) in [5, 5.41) is 9.59. The standard InChI is InChI=1S/C13H16ClNO4/c1-3-18-11(8-12(17)19-4-2)15-9-6-5-7-10(16)13(9)14/h5-7,16H,3-4,8H2,1-2H3. The first-order chi connectivity index (χ1) is 9.08. The Hall–Kier alpha value is -1.75. The van der Waals surface area contributed by atoms with Crippen molar-refractivity contribution in [2.45, 2.75) is 20.3 Å². The van der Waals surface area contributed by atoms with Crippen molar-refractivity contribution in [3.63, 3.8) is 0 Å². The van der Waals surface area contributed by atoms with Gasteiger partial charge in [-0.15, -0.1) is 0 Å². The van der Waals surface area contributed by atoms with Gasteiger partial charge in [-0.3, -0.25) is 4.79 Å². The summed E-state index contributed by atoms with van der Waals surface area (Å²) in [6.07, 6.45) is -0.0757. The molecular weight excluding hydrogens is 270 g/mol. The molecule has 0 bridgehead atoms. The average Bonchev–Trinajstić information content (AvgIpc) is 2.35. The van der Waals surface area contributed by atoms with Gasteiger partial charge in [-0.1, -0.05) is 17.7 Å². The molecule has 1 N–H and O–H groups in total. The number of benzene rings is 1. The van der Waals surface area contributed by atoms with Crippen LogP contribution < -0.4 is 0 Å². The first kappa shape index (κ1) is 15.3. The second-order valence-electron chi connectivity index (χ2n) is 3.53. The molecule has 5 nitrogen and oxygen atoms in total. The third-order valence-electron chi connectivity index (χ3n) is 2.11. The minimum Gasteiger partial charge on any atom is -0.506 e.